The van der Waals surface area contributed by atoms with Crippen LogP contribution in [0.25, 0.3) is 0 Å². The number of halogens is 1. The van der Waals surface area contributed by atoms with Crippen LogP contribution in [0.2, 0.25) is 5.02 Å². The zero-order chi connectivity index (χ0) is 22.1. The largest absolute Gasteiger partial charge is 0.459 e. The van der Waals surface area contributed by atoms with E-state index in [4.69, 9.17) is 21.2 Å². The number of nitrogens with zero attached hydrogens (tertiary/aromatic N) is 1. The van der Waals surface area contributed by atoms with Crippen LogP contribution in [-0.2, 0) is 22.7 Å². The lowest BCUT2D eigenvalue weighted by molar-refractivity contribution is -0.230. The number of benzene rings is 3. The summed E-state index contributed by atoms with van der Waals surface area (Å²) in [6.45, 7) is 5.52. The first kappa shape index (κ1) is 23.0. The van der Waals surface area contributed by atoms with E-state index in [9.17, 15) is 4.79 Å². The van der Waals surface area contributed by atoms with E-state index in [0.717, 1.165) is 11.1 Å². The van der Waals surface area contributed by atoms with Crippen molar-refractivity contribution in [1.82, 2.24) is 5.06 Å². The van der Waals surface area contributed by atoms with Crippen LogP contribution in [0.1, 0.15) is 35.3 Å². The van der Waals surface area contributed by atoms with Crippen molar-refractivity contribution in [3.8, 4) is 0 Å². The van der Waals surface area contributed by atoms with Crippen molar-refractivity contribution in [3.63, 3.8) is 0 Å². The average Bonchev–Trinajstić information content (AvgIpc) is 2.77. The Hall–Kier alpha value is -2.66. The van der Waals surface area contributed by atoms with Crippen molar-refractivity contribution in [2.45, 2.75) is 33.0 Å². The highest BCUT2D eigenvalue weighted by atomic mass is 35.5. The highest BCUT2D eigenvalue weighted by Gasteiger charge is 2.22. The van der Waals surface area contributed by atoms with Crippen LogP contribution in [0.15, 0.2) is 84.9 Å². The fourth-order valence-electron chi connectivity index (χ4n) is 3.10. The molecule has 31 heavy (non-hydrogen) atoms. The maximum absolute atomic E-state index is 12.4. The molecule has 0 unspecified atom stereocenters. The number of hydrogen-bond donors (Lipinski definition) is 0. The lowest BCUT2D eigenvalue weighted by Gasteiger charge is -2.29. The second-order valence-electron chi connectivity index (χ2n) is 7.77. The highest BCUT2D eigenvalue weighted by molar-refractivity contribution is 6.30. The van der Waals surface area contributed by atoms with Gasteiger partial charge < -0.3 is 4.74 Å². The maximum Gasteiger partial charge on any atom is 0.338 e. The summed E-state index contributed by atoms with van der Waals surface area (Å²) in [5.41, 5.74) is 2.73. The summed E-state index contributed by atoms with van der Waals surface area (Å²) in [6.07, 6.45) is -0.282. The third-order valence-corrected chi connectivity index (χ3v) is 5.11. The van der Waals surface area contributed by atoms with Crippen molar-refractivity contribution < 1.29 is 14.4 Å². The molecular weight excluding hydrogens is 410 g/mol. The van der Waals surface area contributed by atoms with E-state index in [1.165, 1.54) is 0 Å². The molecule has 0 aliphatic rings. The van der Waals surface area contributed by atoms with Crippen LogP contribution in [0.5, 0.6) is 0 Å². The topological polar surface area (TPSA) is 38.8 Å². The van der Waals surface area contributed by atoms with Gasteiger partial charge in [0.25, 0.3) is 0 Å². The van der Waals surface area contributed by atoms with Gasteiger partial charge in [-0.2, -0.15) is 5.06 Å². The molecule has 1 atom stereocenters. The Morgan fingerprint density at radius 2 is 1.45 bits per heavy atom. The van der Waals surface area contributed by atoms with E-state index >= 15 is 0 Å². The molecule has 0 heterocycles. The Bertz CT molecular complexity index is 906. The number of carbonyl (C=O) groups excluding carboxylic acids is 1. The van der Waals surface area contributed by atoms with Crippen LogP contribution in [-0.4, -0.2) is 23.7 Å². The van der Waals surface area contributed by atoms with Gasteiger partial charge >= 0.3 is 5.97 Å². The molecule has 0 N–H and O–H groups in total. The SMILES string of the molecule is CC(C)[C@@H](COC(=O)c1cccc(Cl)c1)ON(Cc1ccccc1)Cc1ccccc1. The van der Waals surface area contributed by atoms with Gasteiger partial charge in [0.2, 0.25) is 0 Å². The van der Waals surface area contributed by atoms with Crippen molar-refractivity contribution in [2.24, 2.45) is 5.92 Å². The first-order chi connectivity index (χ1) is 15.0. The summed E-state index contributed by atoms with van der Waals surface area (Å²) in [6, 6.07) is 27.1. The molecule has 0 fully saturated rings. The van der Waals surface area contributed by atoms with Crippen molar-refractivity contribution in [1.29, 1.82) is 0 Å². The van der Waals surface area contributed by atoms with Crippen molar-refractivity contribution in [2.75, 3.05) is 6.61 Å². The summed E-state index contributed by atoms with van der Waals surface area (Å²) in [5, 5.41) is 2.44. The molecule has 3 aromatic rings. The predicted octanol–water partition coefficient (Wildman–Crippen LogP) is 6.16. The van der Waals surface area contributed by atoms with Gasteiger partial charge in [0.05, 0.1) is 5.56 Å². The van der Waals surface area contributed by atoms with Gasteiger partial charge in [0.15, 0.2) is 0 Å². The van der Waals surface area contributed by atoms with Crippen molar-refractivity contribution in [3.05, 3.63) is 107 Å². The summed E-state index contributed by atoms with van der Waals surface area (Å²) in [4.78, 5) is 18.8. The molecule has 0 spiro atoms. The third kappa shape index (κ3) is 7.51. The standard InChI is InChI=1S/C26H28ClNO3/c1-20(2)25(19-30-26(29)23-14-9-15-24(27)16-23)31-28(17-21-10-5-3-6-11-21)18-22-12-7-4-8-13-22/h3-16,20,25H,17-19H2,1-2H3/t25-/m1/s1. The van der Waals surface area contributed by atoms with Gasteiger partial charge in [0, 0.05) is 18.1 Å². The number of ether oxygens (including phenoxy) is 1. The monoisotopic (exact) mass is 437 g/mol. The van der Waals surface area contributed by atoms with E-state index in [1.54, 1.807) is 24.3 Å². The van der Waals surface area contributed by atoms with Gasteiger partial charge in [-0.15, -0.1) is 0 Å². The summed E-state index contributed by atoms with van der Waals surface area (Å²) in [5.74, 6) is -0.254. The minimum Gasteiger partial charge on any atom is -0.459 e. The number of hydrogen-bond acceptors (Lipinski definition) is 4. The zero-order valence-corrected chi connectivity index (χ0v) is 18.7. The Kier molecular flexibility index (Phi) is 8.65. The molecule has 0 aromatic heterocycles. The smallest absolute Gasteiger partial charge is 0.338 e. The number of hydroxylamine groups is 2. The molecule has 0 saturated heterocycles. The molecular formula is C26H28ClNO3. The summed E-state index contributed by atoms with van der Waals surface area (Å²) < 4.78 is 5.56. The normalized spacial score (nSPS) is 12.2. The molecule has 3 rings (SSSR count). The second-order valence-corrected chi connectivity index (χ2v) is 8.20. The molecule has 0 bridgehead atoms. The molecule has 4 nitrogen and oxygen atoms in total. The van der Waals surface area contributed by atoms with Crippen LogP contribution < -0.4 is 0 Å². The quantitative estimate of drug-likeness (QED) is 0.281. The molecule has 3 aromatic carbocycles. The molecule has 5 heteroatoms. The van der Waals surface area contributed by atoms with Gasteiger partial charge in [-0.1, -0.05) is 92.2 Å². The fraction of sp³-hybridized carbons (Fsp3) is 0.269. The number of carbonyl (C=O) groups is 1. The lowest BCUT2D eigenvalue weighted by Crippen LogP contribution is -2.35. The van der Waals surface area contributed by atoms with Gasteiger partial charge in [-0.05, 0) is 35.2 Å². The maximum atomic E-state index is 12.4. The van der Waals surface area contributed by atoms with Gasteiger partial charge in [0.1, 0.15) is 12.7 Å². The number of esters is 1. The van der Waals surface area contributed by atoms with Crippen LogP contribution in [0, 0.1) is 5.92 Å². The fourth-order valence-corrected chi connectivity index (χ4v) is 3.29. The predicted molar refractivity (Wildman–Crippen MR) is 124 cm³/mol. The summed E-state index contributed by atoms with van der Waals surface area (Å²) >= 11 is 5.99. The summed E-state index contributed by atoms with van der Waals surface area (Å²) in [7, 11) is 0. The van der Waals surface area contributed by atoms with Crippen LogP contribution in [0.3, 0.4) is 0 Å². The lowest BCUT2D eigenvalue weighted by atomic mass is 10.1. The Morgan fingerprint density at radius 3 is 1.97 bits per heavy atom. The van der Waals surface area contributed by atoms with Crippen LogP contribution in [0.4, 0.5) is 0 Å². The van der Waals surface area contributed by atoms with Crippen molar-refractivity contribution >= 4 is 17.6 Å². The van der Waals surface area contributed by atoms with Gasteiger partial charge in [-0.3, -0.25) is 4.84 Å². The van der Waals surface area contributed by atoms with E-state index in [0.29, 0.717) is 23.7 Å². The molecule has 0 aliphatic carbocycles. The van der Waals surface area contributed by atoms with Gasteiger partial charge in [-0.25, -0.2) is 4.79 Å². The van der Waals surface area contributed by atoms with E-state index < -0.39 is 5.97 Å². The van der Waals surface area contributed by atoms with Crippen LogP contribution >= 0.6 is 11.6 Å². The Labute approximate surface area is 189 Å². The second kappa shape index (κ2) is 11.7. The molecule has 0 radical (unpaired) electrons. The third-order valence-electron chi connectivity index (χ3n) is 4.87. The van der Waals surface area contributed by atoms with E-state index in [2.05, 4.69) is 38.1 Å². The first-order valence-corrected chi connectivity index (χ1v) is 10.8. The molecule has 0 amide bonds. The Balaban J connectivity index is 1.68. The number of rotatable bonds is 10. The minimum absolute atomic E-state index is 0.154. The average molecular weight is 438 g/mol. The molecule has 0 saturated carbocycles. The molecule has 162 valence electrons. The first-order valence-electron chi connectivity index (χ1n) is 10.4. The zero-order valence-electron chi connectivity index (χ0n) is 17.9. The Morgan fingerprint density at radius 1 is 0.871 bits per heavy atom. The molecule has 0 aliphatic heterocycles. The minimum atomic E-state index is -0.408. The van der Waals surface area contributed by atoms with E-state index in [1.807, 2.05) is 41.5 Å². The highest BCUT2D eigenvalue weighted by Crippen LogP contribution is 2.17. The van der Waals surface area contributed by atoms with E-state index in [-0.39, 0.29) is 18.6 Å².